The van der Waals surface area contributed by atoms with Gasteiger partial charge in [-0.15, -0.1) is 13.2 Å². The molecule has 0 saturated heterocycles. The van der Waals surface area contributed by atoms with Gasteiger partial charge in [0.2, 0.25) is 0 Å². The molecule has 0 radical (unpaired) electrons. The number of hydrogen-bond donors (Lipinski definition) is 2. The number of benzene rings is 2. The first-order valence-corrected chi connectivity index (χ1v) is 8.33. The average Bonchev–Trinajstić information content (AvgIpc) is 3.15. The molecular formula is C19H15F3N2O2S. The molecule has 27 heavy (non-hydrogen) atoms. The molecule has 140 valence electrons. The van der Waals surface area contributed by atoms with Gasteiger partial charge in [-0.05, 0) is 54.2 Å². The lowest BCUT2D eigenvalue weighted by Gasteiger charge is -2.20. The zero-order valence-electron chi connectivity index (χ0n) is 13.9. The van der Waals surface area contributed by atoms with Gasteiger partial charge in [-0.3, -0.25) is 0 Å². The van der Waals surface area contributed by atoms with Crippen LogP contribution in [0.2, 0.25) is 0 Å². The number of furan rings is 1. The summed E-state index contributed by atoms with van der Waals surface area (Å²) in [7, 11) is 0. The molecule has 0 aliphatic rings. The highest BCUT2D eigenvalue weighted by Gasteiger charge is 2.31. The normalized spacial score (nSPS) is 12.3. The smallest absolute Gasteiger partial charge is 0.467 e. The van der Waals surface area contributed by atoms with Crippen LogP contribution in [0.1, 0.15) is 17.4 Å². The number of rotatable bonds is 5. The second-order valence-electron chi connectivity index (χ2n) is 5.53. The lowest BCUT2D eigenvalue weighted by atomic mass is 10.1. The van der Waals surface area contributed by atoms with E-state index < -0.39 is 6.36 Å². The van der Waals surface area contributed by atoms with Crippen molar-refractivity contribution in [2.75, 3.05) is 5.32 Å². The number of thiocarbonyl (C=S) groups is 1. The van der Waals surface area contributed by atoms with Crippen LogP contribution < -0.4 is 15.4 Å². The van der Waals surface area contributed by atoms with Crippen LogP contribution in [0.4, 0.5) is 18.9 Å². The fourth-order valence-electron chi connectivity index (χ4n) is 2.46. The maximum Gasteiger partial charge on any atom is 0.573 e. The highest BCUT2D eigenvalue weighted by atomic mass is 32.1. The van der Waals surface area contributed by atoms with E-state index in [4.69, 9.17) is 16.6 Å². The molecule has 0 amide bonds. The summed E-state index contributed by atoms with van der Waals surface area (Å²) in [4.78, 5) is 0. The molecular weight excluding hydrogens is 377 g/mol. The van der Waals surface area contributed by atoms with Crippen molar-refractivity contribution < 1.29 is 22.3 Å². The molecule has 0 unspecified atom stereocenters. The number of ether oxygens (including phenoxy) is 1. The summed E-state index contributed by atoms with van der Waals surface area (Å²) in [6.45, 7) is 0. The maximum absolute atomic E-state index is 12.2. The zero-order valence-corrected chi connectivity index (χ0v) is 14.7. The highest BCUT2D eigenvalue weighted by molar-refractivity contribution is 7.80. The van der Waals surface area contributed by atoms with E-state index in [1.165, 1.54) is 24.3 Å². The molecule has 0 spiro atoms. The molecule has 0 saturated carbocycles. The predicted octanol–water partition coefficient (Wildman–Crippen LogP) is 5.25. The van der Waals surface area contributed by atoms with Gasteiger partial charge in [0.15, 0.2) is 5.11 Å². The van der Waals surface area contributed by atoms with Crippen molar-refractivity contribution in [3.63, 3.8) is 0 Å². The minimum Gasteiger partial charge on any atom is -0.467 e. The van der Waals surface area contributed by atoms with Gasteiger partial charge in [0.25, 0.3) is 0 Å². The van der Waals surface area contributed by atoms with Crippen LogP contribution in [0.5, 0.6) is 5.75 Å². The standard InChI is InChI=1S/C19H15F3N2O2S/c20-19(21,22)26-15-10-8-14(9-11-15)23-18(27)24-17(16-7-4-12-25-16)13-5-2-1-3-6-13/h1-12,17H,(H2,23,24,27)/t17-/m1/s1. The molecule has 0 aliphatic heterocycles. The Bertz CT molecular complexity index is 866. The molecule has 0 fully saturated rings. The Labute approximate surface area is 159 Å². The van der Waals surface area contributed by atoms with Gasteiger partial charge >= 0.3 is 6.36 Å². The topological polar surface area (TPSA) is 46.4 Å². The summed E-state index contributed by atoms with van der Waals surface area (Å²) >= 11 is 5.33. The molecule has 1 aromatic heterocycles. The SMILES string of the molecule is FC(F)(F)Oc1ccc(NC(=S)N[C@H](c2ccccc2)c2ccco2)cc1. The van der Waals surface area contributed by atoms with Crippen LogP contribution >= 0.6 is 12.2 Å². The predicted molar refractivity (Wildman–Crippen MR) is 99.5 cm³/mol. The molecule has 2 aromatic carbocycles. The Hall–Kier alpha value is -3.00. The summed E-state index contributed by atoms with van der Waals surface area (Å²) in [5.74, 6) is 0.379. The largest absolute Gasteiger partial charge is 0.573 e. The number of nitrogens with one attached hydrogen (secondary N) is 2. The monoisotopic (exact) mass is 392 g/mol. The van der Waals surface area contributed by atoms with Crippen LogP contribution in [0.15, 0.2) is 77.4 Å². The van der Waals surface area contributed by atoms with E-state index in [-0.39, 0.29) is 11.8 Å². The van der Waals surface area contributed by atoms with E-state index in [0.717, 1.165) is 5.56 Å². The molecule has 8 heteroatoms. The van der Waals surface area contributed by atoms with Crippen molar-refractivity contribution in [3.05, 3.63) is 84.3 Å². The fraction of sp³-hybridized carbons (Fsp3) is 0.105. The molecule has 3 rings (SSSR count). The van der Waals surface area contributed by atoms with E-state index in [1.807, 2.05) is 36.4 Å². The van der Waals surface area contributed by atoms with E-state index in [0.29, 0.717) is 16.6 Å². The number of halogens is 3. The van der Waals surface area contributed by atoms with E-state index in [2.05, 4.69) is 15.4 Å². The minimum atomic E-state index is -4.72. The number of alkyl halides is 3. The van der Waals surface area contributed by atoms with Crippen molar-refractivity contribution in [1.82, 2.24) is 5.32 Å². The molecule has 1 atom stereocenters. The first kappa shape index (κ1) is 18.8. The van der Waals surface area contributed by atoms with Crippen molar-refractivity contribution in [2.24, 2.45) is 0 Å². The zero-order chi connectivity index (χ0) is 19.3. The first-order valence-electron chi connectivity index (χ1n) is 7.92. The Morgan fingerprint density at radius 1 is 0.963 bits per heavy atom. The Morgan fingerprint density at radius 3 is 2.26 bits per heavy atom. The van der Waals surface area contributed by atoms with Crippen LogP contribution in [-0.4, -0.2) is 11.5 Å². The fourth-order valence-corrected chi connectivity index (χ4v) is 2.69. The maximum atomic E-state index is 12.2. The average molecular weight is 392 g/mol. The Kier molecular flexibility index (Phi) is 5.66. The quantitative estimate of drug-likeness (QED) is 0.581. The van der Waals surface area contributed by atoms with Crippen LogP contribution in [0.25, 0.3) is 0 Å². The third kappa shape index (κ3) is 5.49. The van der Waals surface area contributed by atoms with Crippen molar-refractivity contribution in [1.29, 1.82) is 0 Å². The van der Waals surface area contributed by atoms with Gasteiger partial charge in [-0.25, -0.2) is 0 Å². The number of anilines is 1. The van der Waals surface area contributed by atoms with Gasteiger partial charge in [0.05, 0.1) is 6.26 Å². The summed E-state index contributed by atoms with van der Waals surface area (Å²) in [5, 5.41) is 6.38. The second-order valence-corrected chi connectivity index (χ2v) is 5.94. The van der Waals surface area contributed by atoms with Crippen molar-refractivity contribution in [2.45, 2.75) is 12.4 Å². The van der Waals surface area contributed by atoms with Gasteiger partial charge < -0.3 is 19.8 Å². The van der Waals surface area contributed by atoms with E-state index >= 15 is 0 Å². The number of hydrogen-bond acceptors (Lipinski definition) is 3. The highest BCUT2D eigenvalue weighted by Crippen LogP contribution is 2.25. The van der Waals surface area contributed by atoms with E-state index in [9.17, 15) is 13.2 Å². The molecule has 1 heterocycles. The Morgan fingerprint density at radius 2 is 1.67 bits per heavy atom. The summed E-state index contributed by atoms with van der Waals surface area (Å²) in [6.07, 6.45) is -3.15. The van der Waals surface area contributed by atoms with Gasteiger partial charge in [0, 0.05) is 5.69 Å². The van der Waals surface area contributed by atoms with E-state index in [1.54, 1.807) is 12.3 Å². The molecule has 4 nitrogen and oxygen atoms in total. The molecule has 3 aromatic rings. The van der Waals surface area contributed by atoms with Crippen LogP contribution in [0, 0.1) is 0 Å². The Balaban J connectivity index is 1.68. The lowest BCUT2D eigenvalue weighted by Crippen LogP contribution is -2.32. The van der Waals surface area contributed by atoms with Crippen molar-refractivity contribution in [3.8, 4) is 5.75 Å². The first-order chi connectivity index (χ1) is 12.9. The minimum absolute atomic E-state index is 0.296. The summed E-state index contributed by atoms with van der Waals surface area (Å²) in [6, 6.07) is 18.2. The lowest BCUT2D eigenvalue weighted by molar-refractivity contribution is -0.274. The molecule has 0 bridgehead atoms. The van der Waals surface area contributed by atoms with Gasteiger partial charge in [-0.2, -0.15) is 0 Å². The second kappa shape index (κ2) is 8.13. The third-order valence-electron chi connectivity index (χ3n) is 3.58. The van der Waals surface area contributed by atoms with Crippen molar-refractivity contribution >= 4 is 23.0 Å². The summed E-state index contributed by atoms with van der Waals surface area (Å²) in [5.41, 5.74) is 1.47. The third-order valence-corrected chi connectivity index (χ3v) is 3.80. The van der Waals surface area contributed by atoms with Crippen LogP contribution in [-0.2, 0) is 0 Å². The van der Waals surface area contributed by atoms with Gasteiger partial charge in [0.1, 0.15) is 17.6 Å². The molecule has 0 aliphatic carbocycles. The van der Waals surface area contributed by atoms with Gasteiger partial charge in [-0.1, -0.05) is 30.3 Å². The summed E-state index contributed by atoms with van der Waals surface area (Å²) < 4.78 is 46.0. The van der Waals surface area contributed by atoms with Crippen LogP contribution in [0.3, 0.4) is 0 Å². The molecule has 2 N–H and O–H groups in total.